The van der Waals surface area contributed by atoms with Gasteiger partial charge in [0.25, 0.3) is 0 Å². The van der Waals surface area contributed by atoms with Gasteiger partial charge in [0.05, 0.1) is 0 Å². The second-order valence-corrected chi connectivity index (χ2v) is 21.9. The zero-order valence-electron chi connectivity index (χ0n) is 27.1. The molecule has 1 aliphatic heterocycles. The van der Waals surface area contributed by atoms with Crippen molar-refractivity contribution in [3.8, 4) is 0 Å². The molecule has 0 saturated carbocycles. The van der Waals surface area contributed by atoms with Gasteiger partial charge in [-0.3, -0.25) is 0 Å². The van der Waals surface area contributed by atoms with E-state index in [1.165, 1.54) is 50.2 Å². The van der Waals surface area contributed by atoms with Crippen LogP contribution in [0.5, 0.6) is 0 Å². The minimum atomic E-state index is -3.52. The maximum atomic E-state index is 6.13. The second kappa shape index (κ2) is 14.1. The van der Waals surface area contributed by atoms with Crippen molar-refractivity contribution < 1.29 is 20.6 Å². The summed E-state index contributed by atoms with van der Waals surface area (Å²) in [6.45, 7) is 9.84. The average Bonchev–Trinajstić information content (AvgIpc) is 3.44. The average molecular weight is 671 g/mol. The molecule has 6 rings (SSSR count). The van der Waals surface area contributed by atoms with Crippen molar-refractivity contribution in [3.05, 3.63) is 172 Å². The molecule has 5 aromatic rings. The minimum absolute atomic E-state index is 0.175. The van der Waals surface area contributed by atoms with Gasteiger partial charge in [0.15, 0.2) is 0 Å². The van der Waals surface area contributed by atoms with Crippen LogP contribution in [0.25, 0.3) is 0 Å². The van der Waals surface area contributed by atoms with E-state index in [0.29, 0.717) is 0 Å². The molecule has 1 atom stereocenters. The van der Waals surface area contributed by atoms with E-state index in [0.717, 1.165) is 31.3 Å². The van der Waals surface area contributed by atoms with Gasteiger partial charge in [-0.05, 0) is 0 Å². The SMILES string of the molecule is CCc1ccccc1C1CNC(=[N][Zr]([CH2]c2ccccc2)([CH2]c2ccccc2)[CH2]c2ccccc2)N1c1c(C)cc(C)cc1C. The summed E-state index contributed by atoms with van der Waals surface area (Å²) in [4.78, 5) is 2.57. The summed E-state index contributed by atoms with van der Waals surface area (Å²) in [6, 6.07) is 47.1. The molecule has 45 heavy (non-hydrogen) atoms. The Kier molecular flexibility index (Phi) is 9.81. The molecule has 5 aromatic carbocycles. The normalized spacial score (nSPS) is 15.8. The van der Waals surface area contributed by atoms with Crippen molar-refractivity contribution in [2.24, 2.45) is 2.94 Å². The van der Waals surface area contributed by atoms with Crippen molar-refractivity contribution in [2.45, 2.75) is 52.5 Å². The third kappa shape index (κ3) is 7.23. The third-order valence-corrected chi connectivity index (χ3v) is 18.7. The van der Waals surface area contributed by atoms with Crippen LogP contribution in [0.4, 0.5) is 5.69 Å². The van der Waals surface area contributed by atoms with E-state index < -0.39 is 20.6 Å². The van der Waals surface area contributed by atoms with E-state index in [-0.39, 0.29) is 6.04 Å². The number of aryl methyl sites for hydroxylation is 4. The molecule has 0 amide bonds. The van der Waals surface area contributed by atoms with Gasteiger partial charge in [-0.2, -0.15) is 0 Å². The van der Waals surface area contributed by atoms with Crippen LogP contribution in [0.3, 0.4) is 0 Å². The Morgan fingerprint density at radius 2 is 1.13 bits per heavy atom. The molecule has 1 saturated heterocycles. The van der Waals surface area contributed by atoms with E-state index in [4.69, 9.17) is 2.94 Å². The fraction of sp³-hybridized carbons (Fsp3) is 0.244. The van der Waals surface area contributed by atoms with Crippen LogP contribution < -0.4 is 10.2 Å². The molecule has 1 aliphatic rings. The predicted molar refractivity (Wildman–Crippen MR) is 188 cm³/mol. The Morgan fingerprint density at radius 3 is 1.62 bits per heavy atom. The summed E-state index contributed by atoms with van der Waals surface area (Å²) in [5, 5.41) is 3.92. The molecule has 0 spiro atoms. The van der Waals surface area contributed by atoms with Gasteiger partial charge < -0.3 is 0 Å². The Bertz CT molecular complexity index is 1620. The first kappa shape index (κ1) is 31.2. The Hall–Kier alpha value is -3.75. The Morgan fingerprint density at radius 1 is 0.667 bits per heavy atom. The van der Waals surface area contributed by atoms with E-state index >= 15 is 0 Å². The molecular weight excluding hydrogens is 626 g/mol. The summed E-state index contributed by atoms with van der Waals surface area (Å²) in [5.74, 6) is 1.06. The van der Waals surface area contributed by atoms with E-state index in [9.17, 15) is 0 Å². The fourth-order valence-corrected chi connectivity index (χ4v) is 17.7. The molecule has 3 nitrogen and oxygen atoms in total. The number of hydrogen-bond acceptors (Lipinski definition) is 1. The van der Waals surface area contributed by atoms with Crippen LogP contribution >= 0.6 is 0 Å². The molecule has 1 N–H and O–H groups in total. The van der Waals surface area contributed by atoms with Crippen LogP contribution in [0.15, 0.2) is 130 Å². The zero-order chi connectivity index (χ0) is 31.2. The summed E-state index contributed by atoms with van der Waals surface area (Å²) in [7, 11) is 0. The Labute approximate surface area is 274 Å². The standard InChI is InChI=1S/C20H24N3.3C7H7.Zr/c1-5-16-8-6-7-9-17(16)18-12-22-20(21)23(18)19-14(3)10-13(2)11-15(19)4;3*1-7-5-3-2-4-6-7;/h6-11,18H,5,12H2,1-4H3,(H-,21,22);3*2-6H,1H2;/q-1;;;;+1. The van der Waals surface area contributed by atoms with Gasteiger partial charge in [0.2, 0.25) is 0 Å². The molecule has 1 unspecified atom stereocenters. The van der Waals surface area contributed by atoms with Crippen LogP contribution in [-0.4, -0.2) is 12.5 Å². The number of rotatable bonds is 10. The van der Waals surface area contributed by atoms with Gasteiger partial charge in [-0.25, -0.2) is 0 Å². The van der Waals surface area contributed by atoms with Gasteiger partial charge in [-0.15, -0.1) is 0 Å². The van der Waals surface area contributed by atoms with E-state index in [1.54, 1.807) is 0 Å². The zero-order valence-corrected chi connectivity index (χ0v) is 29.6. The summed E-state index contributed by atoms with van der Waals surface area (Å²) < 4.78 is 9.25. The fourth-order valence-electron chi connectivity index (χ4n) is 7.31. The molecule has 1 fully saturated rings. The molecule has 0 bridgehead atoms. The number of nitrogens with zero attached hydrogens (tertiary/aromatic N) is 2. The number of guanidine groups is 1. The van der Waals surface area contributed by atoms with Crippen LogP contribution in [0, 0.1) is 20.8 Å². The van der Waals surface area contributed by atoms with Gasteiger partial charge >= 0.3 is 276 Å². The van der Waals surface area contributed by atoms with Gasteiger partial charge in [0.1, 0.15) is 0 Å². The maximum absolute atomic E-state index is 6.13. The van der Waals surface area contributed by atoms with Crippen molar-refractivity contribution in [1.82, 2.24) is 5.32 Å². The topological polar surface area (TPSA) is 27.6 Å². The molecule has 228 valence electrons. The molecule has 0 aromatic heterocycles. The van der Waals surface area contributed by atoms with E-state index in [2.05, 4.69) is 165 Å². The quantitative estimate of drug-likeness (QED) is 0.160. The van der Waals surface area contributed by atoms with Gasteiger partial charge in [-0.1, -0.05) is 0 Å². The van der Waals surface area contributed by atoms with E-state index in [1.807, 2.05) is 0 Å². The number of hydrogen-bond donors (Lipinski definition) is 1. The molecule has 0 radical (unpaired) electrons. The summed E-state index contributed by atoms with van der Waals surface area (Å²) in [6.07, 6.45) is 1.01. The number of benzene rings is 5. The van der Waals surface area contributed by atoms with Crippen LogP contribution in [0.1, 0.15) is 57.5 Å². The first-order chi connectivity index (χ1) is 21.9. The van der Waals surface area contributed by atoms with Crippen molar-refractivity contribution in [3.63, 3.8) is 0 Å². The second-order valence-electron chi connectivity index (χ2n) is 12.7. The van der Waals surface area contributed by atoms with Gasteiger partial charge in [0, 0.05) is 0 Å². The molecule has 0 aliphatic carbocycles. The van der Waals surface area contributed by atoms with Crippen molar-refractivity contribution in [2.75, 3.05) is 11.4 Å². The molecule has 4 heteroatoms. The monoisotopic (exact) mass is 669 g/mol. The Balaban J connectivity index is 1.56. The first-order valence-electron chi connectivity index (χ1n) is 16.3. The third-order valence-electron chi connectivity index (χ3n) is 9.14. The number of anilines is 1. The van der Waals surface area contributed by atoms with Crippen LogP contribution in [0.2, 0.25) is 0 Å². The molecular formula is C41H45N3Zr. The van der Waals surface area contributed by atoms with Crippen molar-refractivity contribution >= 4 is 11.6 Å². The summed E-state index contributed by atoms with van der Waals surface area (Å²) in [5.41, 5.74) is 12.2. The molecule has 1 heterocycles. The van der Waals surface area contributed by atoms with Crippen molar-refractivity contribution in [1.29, 1.82) is 0 Å². The number of nitrogens with one attached hydrogen (secondary N) is 1. The summed E-state index contributed by atoms with van der Waals surface area (Å²) >= 11 is -3.52. The van der Waals surface area contributed by atoms with Crippen LogP contribution in [-0.2, 0) is 39.4 Å². The predicted octanol–water partition coefficient (Wildman–Crippen LogP) is 9.35. The first-order valence-corrected chi connectivity index (χ1v) is 22.7.